The highest BCUT2D eigenvalue weighted by Crippen LogP contribution is 2.22. The first-order chi connectivity index (χ1) is 19.5. The first-order valence-electron chi connectivity index (χ1n) is 17.0. The van der Waals surface area contributed by atoms with Crippen molar-refractivity contribution < 1.29 is 32.3 Å². The fraction of sp³-hybridized carbons (Fsp3) is 1.00. The molecule has 0 aromatic rings. The number of hydrogen-bond acceptors (Lipinski definition) is 6. The number of quaternary nitrogens is 1. The van der Waals surface area contributed by atoms with Crippen LogP contribution in [0.5, 0.6) is 0 Å². The highest BCUT2D eigenvalue weighted by atomic mass is 28.4. The topological polar surface area (TPSA) is 66.4 Å². The molecule has 1 rings (SSSR count). The maximum Gasteiger partial charge on any atom is 0.501 e. The van der Waals surface area contributed by atoms with E-state index in [1.807, 2.05) is 6.92 Å². The van der Waals surface area contributed by atoms with Gasteiger partial charge in [0.25, 0.3) is 0 Å². The maximum atomic E-state index is 9.10. The van der Waals surface area contributed by atoms with Gasteiger partial charge < -0.3 is 32.3 Å². The van der Waals surface area contributed by atoms with Gasteiger partial charge in [0.1, 0.15) is 6.10 Å². The summed E-state index contributed by atoms with van der Waals surface area (Å²) < 4.78 is 31.1. The summed E-state index contributed by atoms with van der Waals surface area (Å²) in [5, 5.41) is 9.10. The third-order valence-corrected chi connectivity index (χ3v) is 11.0. The molecular formula is C32H68NO6Si+. The summed E-state index contributed by atoms with van der Waals surface area (Å²) in [5.41, 5.74) is 0. The lowest BCUT2D eigenvalue weighted by molar-refractivity contribution is -0.890. The Labute approximate surface area is 249 Å². The van der Waals surface area contributed by atoms with E-state index in [4.69, 9.17) is 27.9 Å². The van der Waals surface area contributed by atoms with Crippen molar-refractivity contribution in [2.24, 2.45) is 0 Å². The number of unbranched alkanes of at least 4 members (excludes halogenated alkanes) is 15. The van der Waals surface area contributed by atoms with E-state index in [0.29, 0.717) is 33.0 Å². The monoisotopic (exact) mass is 590 g/mol. The number of aliphatic hydroxyl groups is 1. The van der Waals surface area contributed by atoms with Gasteiger partial charge in [-0.25, -0.2) is 0 Å². The van der Waals surface area contributed by atoms with Crippen molar-refractivity contribution >= 4 is 8.80 Å². The third-order valence-electron chi connectivity index (χ3n) is 8.02. The second kappa shape index (κ2) is 25.4. The summed E-state index contributed by atoms with van der Waals surface area (Å²) in [6.45, 7) is 9.27. The van der Waals surface area contributed by atoms with Crippen LogP contribution in [0.1, 0.15) is 123 Å². The minimum Gasteiger partial charge on any atom is -0.394 e. The number of hydrogen-bond donors (Lipinski definition) is 1. The van der Waals surface area contributed by atoms with Crippen molar-refractivity contribution in [3.8, 4) is 0 Å². The van der Waals surface area contributed by atoms with Gasteiger partial charge in [0.15, 0.2) is 0 Å². The normalized spacial score (nSPS) is 20.8. The highest BCUT2D eigenvalue weighted by Gasteiger charge is 2.42. The predicted molar refractivity (Wildman–Crippen MR) is 168 cm³/mol. The van der Waals surface area contributed by atoms with Crippen molar-refractivity contribution in [2.45, 2.75) is 135 Å². The summed E-state index contributed by atoms with van der Waals surface area (Å²) >= 11 is 0. The molecule has 7 nitrogen and oxygen atoms in total. The van der Waals surface area contributed by atoms with Crippen LogP contribution in [0.4, 0.5) is 0 Å². The molecular weight excluding hydrogens is 522 g/mol. The summed E-state index contributed by atoms with van der Waals surface area (Å²) in [6.07, 6.45) is 23.4. The Morgan fingerprint density at radius 3 is 1.80 bits per heavy atom. The summed E-state index contributed by atoms with van der Waals surface area (Å²) in [4.78, 5) is 0. The molecule has 2 unspecified atom stereocenters. The molecule has 0 radical (unpaired) electrons. The van der Waals surface area contributed by atoms with Gasteiger partial charge >= 0.3 is 8.80 Å². The zero-order valence-corrected chi connectivity index (χ0v) is 28.1. The molecule has 1 aliphatic heterocycles. The van der Waals surface area contributed by atoms with Gasteiger partial charge in [-0.05, 0) is 19.8 Å². The molecule has 0 amide bonds. The molecule has 0 bridgehead atoms. The quantitative estimate of drug-likeness (QED) is 0.0657. The van der Waals surface area contributed by atoms with Crippen LogP contribution >= 0.6 is 0 Å². The Balaban J connectivity index is 2.14. The molecule has 0 aromatic heterocycles. The van der Waals surface area contributed by atoms with Crippen LogP contribution in [0.3, 0.4) is 0 Å². The van der Waals surface area contributed by atoms with Crippen LogP contribution in [0.25, 0.3) is 0 Å². The van der Waals surface area contributed by atoms with E-state index < -0.39 is 8.80 Å². The van der Waals surface area contributed by atoms with Gasteiger partial charge in [-0.15, -0.1) is 0 Å². The van der Waals surface area contributed by atoms with Crippen molar-refractivity contribution in [1.29, 1.82) is 0 Å². The van der Waals surface area contributed by atoms with Crippen LogP contribution in [-0.2, 0) is 22.8 Å². The van der Waals surface area contributed by atoms with Gasteiger partial charge in [0.2, 0.25) is 0 Å². The van der Waals surface area contributed by atoms with Crippen LogP contribution in [-0.4, -0.2) is 97.9 Å². The van der Waals surface area contributed by atoms with E-state index in [2.05, 4.69) is 21.0 Å². The molecule has 1 saturated heterocycles. The van der Waals surface area contributed by atoms with E-state index in [1.165, 1.54) is 109 Å². The van der Waals surface area contributed by atoms with Crippen LogP contribution in [0, 0.1) is 0 Å². The average molecular weight is 591 g/mol. The van der Waals surface area contributed by atoms with Crippen LogP contribution in [0.2, 0.25) is 6.04 Å². The average Bonchev–Trinajstić information content (AvgIpc) is 3.03. The second-order valence-corrected chi connectivity index (χ2v) is 15.1. The van der Waals surface area contributed by atoms with Crippen molar-refractivity contribution in [1.82, 2.24) is 0 Å². The highest BCUT2D eigenvalue weighted by molar-refractivity contribution is 6.60. The number of ether oxygens (including phenoxy) is 2. The SMILES string of the molecule is CCCCCCCCCCCCCCCCCC[N+](C)(C)CCC[Si]1(OCC)OCCOCC(OCCO)CO1. The third kappa shape index (κ3) is 20.8. The van der Waals surface area contributed by atoms with E-state index in [9.17, 15) is 0 Å². The van der Waals surface area contributed by atoms with Crippen molar-refractivity contribution in [3.05, 3.63) is 0 Å². The van der Waals surface area contributed by atoms with Gasteiger partial charge in [0.05, 0.1) is 66.8 Å². The molecule has 0 aliphatic carbocycles. The fourth-order valence-electron chi connectivity index (χ4n) is 5.54. The molecule has 2 atom stereocenters. The predicted octanol–water partition coefficient (Wildman–Crippen LogP) is 7.13. The lowest BCUT2D eigenvalue weighted by atomic mass is 10.0. The molecule has 0 saturated carbocycles. The second-order valence-electron chi connectivity index (χ2n) is 12.4. The molecule has 8 heteroatoms. The number of aliphatic hydroxyl groups excluding tert-OH is 1. The van der Waals surface area contributed by atoms with Gasteiger partial charge in [-0.2, -0.15) is 0 Å². The number of nitrogens with zero attached hydrogens (tertiary/aromatic N) is 1. The fourth-order valence-corrected chi connectivity index (χ4v) is 8.09. The summed E-state index contributed by atoms with van der Waals surface area (Å²) in [6, 6.07) is 0.814. The zero-order chi connectivity index (χ0) is 29.2. The van der Waals surface area contributed by atoms with Crippen LogP contribution < -0.4 is 0 Å². The molecule has 1 fully saturated rings. The van der Waals surface area contributed by atoms with E-state index in [1.54, 1.807) is 0 Å². The summed E-state index contributed by atoms with van der Waals surface area (Å²) in [5.74, 6) is 0. The smallest absolute Gasteiger partial charge is 0.394 e. The van der Waals surface area contributed by atoms with Crippen LogP contribution in [0.15, 0.2) is 0 Å². The van der Waals surface area contributed by atoms with Gasteiger partial charge in [0, 0.05) is 19.1 Å². The Morgan fingerprint density at radius 1 is 0.700 bits per heavy atom. The molecule has 1 heterocycles. The molecule has 240 valence electrons. The summed E-state index contributed by atoms with van der Waals surface area (Å²) in [7, 11) is 1.90. The van der Waals surface area contributed by atoms with Gasteiger partial charge in [-0.1, -0.05) is 96.8 Å². The number of rotatable bonds is 26. The Bertz CT molecular complexity index is 555. The van der Waals surface area contributed by atoms with E-state index in [0.717, 1.165) is 23.5 Å². The molecule has 40 heavy (non-hydrogen) atoms. The Morgan fingerprint density at radius 2 is 1.25 bits per heavy atom. The van der Waals surface area contributed by atoms with E-state index >= 15 is 0 Å². The Hall–Kier alpha value is -0.0631. The lowest BCUT2D eigenvalue weighted by Gasteiger charge is -2.33. The minimum atomic E-state index is -2.79. The first-order valence-corrected chi connectivity index (χ1v) is 18.9. The van der Waals surface area contributed by atoms with Crippen molar-refractivity contribution in [3.63, 3.8) is 0 Å². The molecule has 1 aliphatic rings. The van der Waals surface area contributed by atoms with Gasteiger partial charge in [-0.3, -0.25) is 0 Å². The lowest BCUT2D eigenvalue weighted by Crippen LogP contribution is -2.49. The minimum absolute atomic E-state index is 0.00652. The first kappa shape index (κ1) is 38.0. The van der Waals surface area contributed by atoms with E-state index in [-0.39, 0.29) is 19.3 Å². The molecule has 0 aromatic carbocycles. The maximum absolute atomic E-state index is 9.10. The van der Waals surface area contributed by atoms with Crippen molar-refractivity contribution in [2.75, 3.05) is 73.4 Å². The largest absolute Gasteiger partial charge is 0.501 e. The molecule has 1 N–H and O–H groups in total. The standard InChI is InChI=1S/C32H68NO6Si/c1-5-7-8-9-10-11-12-13-14-15-16-17-18-19-20-21-23-33(3,4)24-22-29-40(37-6-2)38-28-27-35-30-32(31-39-40)36-26-25-34/h32,34H,5-31H2,1-4H3/q+1. The zero-order valence-electron chi connectivity index (χ0n) is 27.1. The molecule has 0 spiro atoms. The Kier molecular flexibility index (Phi) is 24.1.